The first-order valence-corrected chi connectivity index (χ1v) is 9.39. The van der Waals surface area contributed by atoms with Crippen LogP contribution >= 0.6 is 23.2 Å². The summed E-state index contributed by atoms with van der Waals surface area (Å²) in [7, 11) is 0. The van der Waals surface area contributed by atoms with Crippen molar-refractivity contribution in [1.29, 1.82) is 0 Å². The number of hydrogen-bond acceptors (Lipinski definition) is 4. The number of likely N-dealkylation sites (tertiary alicyclic amines) is 1. The number of carbonyl (C=O) groups is 1. The van der Waals surface area contributed by atoms with Gasteiger partial charge in [0.15, 0.2) is 0 Å². The smallest absolute Gasteiger partial charge is 0.271 e. The topological polar surface area (TPSA) is 75.5 Å². The summed E-state index contributed by atoms with van der Waals surface area (Å²) >= 11 is 12.0. The molecule has 6 nitrogen and oxygen atoms in total. The highest BCUT2D eigenvalue weighted by Gasteiger charge is 2.25. The Bertz CT molecular complexity index is 852. The van der Waals surface area contributed by atoms with Gasteiger partial charge in [-0.05, 0) is 49.7 Å². The number of halogens is 2. The van der Waals surface area contributed by atoms with Crippen molar-refractivity contribution in [3.63, 3.8) is 0 Å². The fourth-order valence-electron chi connectivity index (χ4n) is 3.19. The number of hydrogen-bond donors (Lipinski definition) is 1. The van der Waals surface area contributed by atoms with Crippen LogP contribution < -0.4 is 5.32 Å². The minimum absolute atomic E-state index is 0.0377. The number of nitrogens with zero attached hydrogens (tertiary/aromatic N) is 2. The number of carbonyl (C=O) groups excluding carboxylic acids is 1. The Balaban J connectivity index is 1.52. The number of anilines is 1. The minimum atomic E-state index is -0.475. The van der Waals surface area contributed by atoms with Crippen molar-refractivity contribution in [1.82, 2.24) is 4.90 Å². The lowest BCUT2D eigenvalue weighted by molar-refractivity contribution is -0.384. The third kappa shape index (κ3) is 5.19. The Morgan fingerprint density at radius 2 is 1.89 bits per heavy atom. The number of piperidine rings is 1. The van der Waals surface area contributed by atoms with Gasteiger partial charge in [-0.25, -0.2) is 0 Å². The lowest BCUT2D eigenvalue weighted by atomic mass is 9.95. The molecule has 0 atom stereocenters. The lowest BCUT2D eigenvalue weighted by Gasteiger charge is -2.31. The molecular formula is C19H19Cl2N3O3. The van der Waals surface area contributed by atoms with Gasteiger partial charge in [-0.1, -0.05) is 35.3 Å². The number of non-ortho nitro benzene ring substituents is 1. The molecule has 0 aliphatic carbocycles. The molecule has 1 amide bonds. The van der Waals surface area contributed by atoms with Gasteiger partial charge < -0.3 is 5.32 Å². The van der Waals surface area contributed by atoms with Crippen LogP contribution in [0.4, 0.5) is 11.4 Å². The zero-order valence-corrected chi connectivity index (χ0v) is 16.0. The van der Waals surface area contributed by atoms with Crippen LogP contribution in [0.2, 0.25) is 10.0 Å². The lowest BCUT2D eigenvalue weighted by Crippen LogP contribution is -2.37. The SMILES string of the molecule is O=C(Nc1cccc([N+](=O)[O-])c1)C1CCN(Cc2ccc(Cl)c(Cl)c2)CC1. The van der Waals surface area contributed by atoms with Gasteiger partial charge in [0.25, 0.3) is 5.69 Å². The van der Waals surface area contributed by atoms with Crippen LogP contribution in [0, 0.1) is 16.0 Å². The Kier molecular flexibility index (Phi) is 6.31. The molecule has 142 valence electrons. The van der Waals surface area contributed by atoms with Gasteiger partial charge in [-0.2, -0.15) is 0 Å². The molecule has 2 aromatic rings. The van der Waals surface area contributed by atoms with Gasteiger partial charge in [0, 0.05) is 30.3 Å². The van der Waals surface area contributed by atoms with Gasteiger partial charge in [0.05, 0.1) is 15.0 Å². The second-order valence-electron chi connectivity index (χ2n) is 6.60. The van der Waals surface area contributed by atoms with Gasteiger partial charge in [-0.15, -0.1) is 0 Å². The summed E-state index contributed by atoms with van der Waals surface area (Å²) in [6.07, 6.45) is 1.48. The van der Waals surface area contributed by atoms with E-state index >= 15 is 0 Å². The van der Waals surface area contributed by atoms with Crippen LogP contribution in [-0.2, 0) is 11.3 Å². The van der Waals surface area contributed by atoms with Gasteiger partial charge in [0.2, 0.25) is 5.91 Å². The van der Waals surface area contributed by atoms with E-state index in [9.17, 15) is 14.9 Å². The fraction of sp³-hybridized carbons (Fsp3) is 0.316. The molecule has 1 fully saturated rings. The Morgan fingerprint density at radius 1 is 1.15 bits per heavy atom. The zero-order chi connectivity index (χ0) is 19.4. The van der Waals surface area contributed by atoms with E-state index in [1.54, 1.807) is 18.2 Å². The molecule has 1 saturated heterocycles. The van der Waals surface area contributed by atoms with Crippen molar-refractivity contribution in [3.8, 4) is 0 Å². The summed E-state index contributed by atoms with van der Waals surface area (Å²) in [5.41, 5.74) is 1.50. The summed E-state index contributed by atoms with van der Waals surface area (Å²) in [6.45, 7) is 2.36. The average Bonchev–Trinajstić information content (AvgIpc) is 2.65. The second kappa shape index (κ2) is 8.69. The van der Waals surface area contributed by atoms with Crippen molar-refractivity contribution in [2.45, 2.75) is 19.4 Å². The largest absolute Gasteiger partial charge is 0.326 e. The zero-order valence-electron chi connectivity index (χ0n) is 14.5. The molecule has 0 saturated carbocycles. The number of benzene rings is 2. The average molecular weight is 408 g/mol. The minimum Gasteiger partial charge on any atom is -0.326 e. The van der Waals surface area contributed by atoms with Crippen LogP contribution in [0.1, 0.15) is 18.4 Å². The quantitative estimate of drug-likeness (QED) is 0.572. The molecule has 1 aliphatic rings. The normalized spacial score (nSPS) is 15.5. The van der Waals surface area contributed by atoms with Crippen molar-refractivity contribution in [3.05, 3.63) is 68.2 Å². The van der Waals surface area contributed by atoms with E-state index in [-0.39, 0.29) is 17.5 Å². The number of nitrogens with one attached hydrogen (secondary N) is 1. The first-order valence-electron chi connectivity index (χ1n) is 8.64. The monoisotopic (exact) mass is 407 g/mol. The molecule has 0 radical (unpaired) electrons. The van der Waals surface area contributed by atoms with E-state index in [1.807, 2.05) is 12.1 Å². The first-order chi connectivity index (χ1) is 12.9. The van der Waals surface area contributed by atoms with Gasteiger partial charge >= 0.3 is 0 Å². The molecule has 0 aromatic heterocycles. The third-order valence-corrected chi connectivity index (χ3v) is 5.41. The number of rotatable bonds is 5. The first kappa shape index (κ1) is 19.6. The summed E-state index contributed by atoms with van der Waals surface area (Å²) in [4.78, 5) is 25.1. The summed E-state index contributed by atoms with van der Waals surface area (Å²) in [6, 6.07) is 11.6. The van der Waals surface area contributed by atoms with Crippen molar-refractivity contribution >= 4 is 40.5 Å². The highest BCUT2D eigenvalue weighted by Crippen LogP contribution is 2.26. The Morgan fingerprint density at radius 3 is 2.56 bits per heavy atom. The maximum Gasteiger partial charge on any atom is 0.271 e. The highest BCUT2D eigenvalue weighted by atomic mass is 35.5. The molecule has 0 unspecified atom stereocenters. The standard InChI is InChI=1S/C19H19Cl2N3O3/c20-17-5-4-13(10-18(17)21)12-23-8-6-14(7-9-23)19(25)22-15-2-1-3-16(11-15)24(26)27/h1-5,10-11,14H,6-9,12H2,(H,22,25). The third-order valence-electron chi connectivity index (χ3n) is 4.67. The molecule has 1 N–H and O–H groups in total. The van der Waals surface area contributed by atoms with Crippen LogP contribution in [0.15, 0.2) is 42.5 Å². The number of nitro groups is 1. The van der Waals surface area contributed by atoms with Crippen LogP contribution in [-0.4, -0.2) is 28.8 Å². The predicted molar refractivity (Wildman–Crippen MR) is 106 cm³/mol. The van der Waals surface area contributed by atoms with E-state index in [0.717, 1.165) is 38.0 Å². The number of nitro benzene ring substituents is 1. The molecule has 2 aromatic carbocycles. The van der Waals surface area contributed by atoms with E-state index in [0.29, 0.717) is 15.7 Å². The molecule has 1 aliphatic heterocycles. The van der Waals surface area contributed by atoms with E-state index in [4.69, 9.17) is 23.2 Å². The molecule has 3 rings (SSSR count). The maximum absolute atomic E-state index is 12.5. The molecule has 8 heteroatoms. The Labute approximate surface area is 167 Å². The van der Waals surface area contributed by atoms with Crippen LogP contribution in [0.5, 0.6) is 0 Å². The fourth-order valence-corrected chi connectivity index (χ4v) is 3.51. The highest BCUT2D eigenvalue weighted by molar-refractivity contribution is 6.42. The Hall–Kier alpha value is -2.15. The predicted octanol–water partition coefficient (Wildman–Crippen LogP) is 4.75. The van der Waals surface area contributed by atoms with Gasteiger partial charge in [-0.3, -0.25) is 19.8 Å². The summed E-state index contributed by atoms with van der Waals surface area (Å²) in [5.74, 6) is -0.195. The maximum atomic E-state index is 12.5. The molecular weight excluding hydrogens is 389 g/mol. The molecule has 1 heterocycles. The molecule has 0 bridgehead atoms. The van der Waals surface area contributed by atoms with Crippen molar-refractivity contribution in [2.24, 2.45) is 5.92 Å². The van der Waals surface area contributed by atoms with Crippen LogP contribution in [0.3, 0.4) is 0 Å². The molecule has 0 spiro atoms. The summed E-state index contributed by atoms with van der Waals surface area (Å²) in [5, 5.41) is 14.7. The van der Waals surface area contributed by atoms with Crippen molar-refractivity contribution in [2.75, 3.05) is 18.4 Å². The van der Waals surface area contributed by atoms with E-state index in [1.165, 1.54) is 12.1 Å². The molecule has 27 heavy (non-hydrogen) atoms. The van der Waals surface area contributed by atoms with Crippen LogP contribution in [0.25, 0.3) is 0 Å². The summed E-state index contributed by atoms with van der Waals surface area (Å²) < 4.78 is 0. The van der Waals surface area contributed by atoms with Gasteiger partial charge in [0.1, 0.15) is 0 Å². The van der Waals surface area contributed by atoms with E-state index in [2.05, 4.69) is 10.2 Å². The van der Waals surface area contributed by atoms with Crippen molar-refractivity contribution < 1.29 is 9.72 Å². The van der Waals surface area contributed by atoms with E-state index < -0.39 is 4.92 Å². The number of amides is 1. The second-order valence-corrected chi connectivity index (χ2v) is 7.41.